The summed E-state index contributed by atoms with van der Waals surface area (Å²) in [6.07, 6.45) is 2.05. The lowest BCUT2D eigenvalue weighted by Gasteiger charge is -2.29. The fraction of sp³-hybridized carbons (Fsp3) is 0.625. The standard InChI is InChI=1S/C16H26N2O2/c1-18-9-7-13(8-10-18)11-17-12-16(19)14-3-5-15(20-2)6-4-14/h3-6,13,16-17,19H,7-12H2,1-2H3. The van der Waals surface area contributed by atoms with Gasteiger partial charge in [0.05, 0.1) is 13.2 Å². The van der Waals surface area contributed by atoms with Crippen LogP contribution in [-0.4, -0.2) is 50.3 Å². The van der Waals surface area contributed by atoms with Crippen molar-refractivity contribution in [2.75, 3.05) is 40.3 Å². The summed E-state index contributed by atoms with van der Waals surface area (Å²) in [5, 5.41) is 13.5. The number of aliphatic hydroxyl groups is 1. The predicted octanol–water partition coefficient (Wildman–Crippen LogP) is 1.66. The Morgan fingerprint density at radius 1 is 1.30 bits per heavy atom. The largest absolute Gasteiger partial charge is 0.497 e. The smallest absolute Gasteiger partial charge is 0.118 e. The zero-order valence-corrected chi connectivity index (χ0v) is 12.5. The van der Waals surface area contributed by atoms with Crippen LogP contribution in [0.2, 0.25) is 0 Å². The lowest BCUT2D eigenvalue weighted by Crippen LogP contribution is -2.36. The number of nitrogens with one attached hydrogen (secondary N) is 1. The van der Waals surface area contributed by atoms with Crippen LogP contribution < -0.4 is 10.1 Å². The molecule has 4 heteroatoms. The molecule has 112 valence electrons. The Morgan fingerprint density at radius 3 is 2.55 bits per heavy atom. The topological polar surface area (TPSA) is 44.7 Å². The molecule has 2 rings (SSSR count). The summed E-state index contributed by atoms with van der Waals surface area (Å²) < 4.78 is 5.12. The number of hydrogen-bond acceptors (Lipinski definition) is 4. The van der Waals surface area contributed by atoms with Crippen LogP contribution in [0.4, 0.5) is 0 Å². The van der Waals surface area contributed by atoms with Crippen molar-refractivity contribution in [3.8, 4) is 5.75 Å². The molecule has 1 aliphatic heterocycles. The van der Waals surface area contributed by atoms with E-state index in [-0.39, 0.29) is 0 Å². The van der Waals surface area contributed by atoms with Crippen molar-refractivity contribution < 1.29 is 9.84 Å². The van der Waals surface area contributed by atoms with Crippen LogP contribution in [0.1, 0.15) is 24.5 Å². The first-order valence-electron chi connectivity index (χ1n) is 7.40. The van der Waals surface area contributed by atoms with Gasteiger partial charge < -0.3 is 20.1 Å². The highest BCUT2D eigenvalue weighted by Crippen LogP contribution is 2.18. The molecule has 20 heavy (non-hydrogen) atoms. The average molecular weight is 278 g/mol. The Kier molecular flexibility index (Phi) is 5.83. The highest BCUT2D eigenvalue weighted by molar-refractivity contribution is 5.28. The lowest BCUT2D eigenvalue weighted by molar-refractivity contribution is 0.165. The summed E-state index contributed by atoms with van der Waals surface area (Å²) in [5.41, 5.74) is 0.932. The monoisotopic (exact) mass is 278 g/mol. The molecule has 2 N–H and O–H groups in total. The minimum absolute atomic E-state index is 0.452. The third-order valence-electron chi connectivity index (χ3n) is 4.11. The third kappa shape index (κ3) is 4.47. The number of likely N-dealkylation sites (tertiary alicyclic amines) is 1. The van der Waals surface area contributed by atoms with Gasteiger partial charge in [-0.3, -0.25) is 0 Å². The van der Waals surface area contributed by atoms with E-state index in [4.69, 9.17) is 4.74 Å². The maximum Gasteiger partial charge on any atom is 0.118 e. The Labute approximate surface area is 121 Å². The molecule has 1 aromatic rings. The van der Waals surface area contributed by atoms with E-state index in [1.54, 1.807) is 7.11 Å². The molecule has 1 atom stereocenters. The molecular weight excluding hydrogens is 252 g/mol. The van der Waals surface area contributed by atoms with Gasteiger partial charge in [0.1, 0.15) is 5.75 Å². The van der Waals surface area contributed by atoms with Crippen molar-refractivity contribution in [3.63, 3.8) is 0 Å². The van der Waals surface area contributed by atoms with Crippen molar-refractivity contribution >= 4 is 0 Å². The number of ether oxygens (including phenoxy) is 1. The zero-order valence-electron chi connectivity index (χ0n) is 12.5. The van der Waals surface area contributed by atoms with E-state index in [0.717, 1.165) is 23.8 Å². The fourth-order valence-corrected chi connectivity index (χ4v) is 2.63. The van der Waals surface area contributed by atoms with Crippen molar-refractivity contribution in [3.05, 3.63) is 29.8 Å². The van der Waals surface area contributed by atoms with Gasteiger partial charge in [0, 0.05) is 6.54 Å². The first kappa shape index (κ1) is 15.3. The second-order valence-corrected chi connectivity index (χ2v) is 5.69. The minimum Gasteiger partial charge on any atom is -0.497 e. The van der Waals surface area contributed by atoms with Crippen LogP contribution >= 0.6 is 0 Å². The van der Waals surface area contributed by atoms with E-state index in [9.17, 15) is 5.11 Å². The Balaban J connectivity index is 1.70. The second-order valence-electron chi connectivity index (χ2n) is 5.69. The SMILES string of the molecule is COc1ccc(C(O)CNCC2CCN(C)CC2)cc1. The fourth-order valence-electron chi connectivity index (χ4n) is 2.63. The molecular formula is C16H26N2O2. The molecule has 1 aliphatic rings. The van der Waals surface area contributed by atoms with Crippen LogP contribution in [0, 0.1) is 5.92 Å². The van der Waals surface area contributed by atoms with Gasteiger partial charge in [-0.1, -0.05) is 12.1 Å². The minimum atomic E-state index is -0.452. The lowest BCUT2D eigenvalue weighted by atomic mass is 9.97. The molecule has 0 amide bonds. The van der Waals surface area contributed by atoms with Gasteiger partial charge >= 0.3 is 0 Å². The number of piperidine rings is 1. The normalized spacial score (nSPS) is 18.9. The highest BCUT2D eigenvalue weighted by Gasteiger charge is 2.16. The quantitative estimate of drug-likeness (QED) is 0.831. The average Bonchev–Trinajstić information content (AvgIpc) is 2.49. The van der Waals surface area contributed by atoms with E-state index < -0.39 is 6.10 Å². The van der Waals surface area contributed by atoms with Gasteiger partial charge in [0.2, 0.25) is 0 Å². The molecule has 0 saturated carbocycles. The van der Waals surface area contributed by atoms with Crippen molar-refractivity contribution in [1.29, 1.82) is 0 Å². The summed E-state index contributed by atoms with van der Waals surface area (Å²) in [6, 6.07) is 7.60. The van der Waals surface area contributed by atoms with E-state index in [1.165, 1.54) is 25.9 Å². The van der Waals surface area contributed by atoms with Gasteiger partial charge in [0.15, 0.2) is 0 Å². The zero-order chi connectivity index (χ0) is 14.4. The molecule has 0 bridgehead atoms. The van der Waals surface area contributed by atoms with Gasteiger partial charge in [-0.05, 0) is 63.1 Å². The molecule has 0 aromatic heterocycles. The molecule has 1 fully saturated rings. The van der Waals surface area contributed by atoms with Crippen LogP contribution in [0.15, 0.2) is 24.3 Å². The van der Waals surface area contributed by atoms with Crippen molar-refractivity contribution in [2.24, 2.45) is 5.92 Å². The molecule has 0 aliphatic carbocycles. The number of methoxy groups -OCH3 is 1. The second kappa shape index (κ2) is 7.62. The number of aliphatic hydroxyl groups excluding tert-OH is 1. The van der Waals surface area contributed by atoms with Crippen LogP contribution in [0.25, 0.3) is 0 Å². The molecule has 4 nitrogen and oxygen atoms in total. The summed E-state index contributed by atoms with van der Waals surface area (Å²) >= 11 is 0. The molecule has 1 aromatic carbocycles. The van der Waals surface area contributed by atoms with E-state index in [0.29, 0.717) is 6.54 Å². The van der Waals surface area contributed by atoms with E-state index >= 15 is 0 Å². The predicted molar refractivity (Wildman–Crippen MR) is 81.0 cm³/mol. The summed E-state index contributed by atoms with van der Waals surface area (Å²) in [7, 11) is 3.83. The Morgan fingerprint density at radius 2 is 1.95 bits per heavy atom. The molecule has 0 radical (unpaired) electrons. The third-order valence-corrected chi connectivity index (χ3v) is 4.11. The number of benzene rings is 1. The van der Waals surface area contributed by atoms with Gasteiger partial charge in [-0.2, -0.15) is 0 Å². The molecule has 1 unspecified atom stereocenters. The number of rotatable bonds is 6. The molecule has 1 saturated heterocycles. The van der Waals surface area contributed by atoms with Gasteiger partial charge in [-0.25, -0.2) is 0 Å². The number of nitrogens with zero attached hydrogens (tertiary/aromatic N) is 1. The van der Waals surface area contributed by atoms with Crippen LogP contribution in [0.3, 0.4) is 0 Å². The van der Waals surface area contributed by atoms with Crippen molar-refractivity contribution in [2.45, 2.75) is 18.9 Å². The Bertz CT molecular complexity index is 386. The van der Waals surface area contributed by atoms with Crippen LogP contribution in [0.5, 0.6) is 5.75 Å². The summed E-state index contributed by atoms with van der Waals surface area (Å²) in [5.74, 6) is 1.56. The Hall–Kier alpha value is -1.10. The van der Waals surface area contributed by atoms with E-state index in [1.807, 2.05) is 24.3 Å². The van der Waals surface area contributed by atoms with E-state index in [2.05, 4.69) is 17.3 Å². The van der Waals surface area contributed by atoms with Gasteiger partial charge in [-0.15, -0.1) is 0 Å². The van der Waals surface area contributed by atoms with Gasteiger partial charge in [0.25, 0.3) is 0 Å². The molecule has 1 heterocycles. The first-order chi connectivity index (χ1) is 9.69. The number of hydrogen-bond donors (Lipinski definition) is 2. The summed E-state index contributed by atoms with van der Waals surface area (Å²) in [6.45, 7) is 3.99. The van der Waals surface area contributed by atoms with Crippen LogP contribution in [-0.2, 0) is 0 Å². The van der Waals surface area contributed by atoms with Crippen molar-refractivity contribution in [1.82, 2.24) is 10.2 Å². The highest BCUT2D eigenvalue weighted by atomic mass is 16.5. The first-order valence-corrected chi connectivity index (χ1v) is 7.40. The molecule has 0 spiro atoms. The maximum absolute atomic E-state index is 10.1. The maximum atomic E-state index is 10.1. The summed E-state index contributed by atoms with van der Waals surface area (Å²) in [4.78, 5) is 2.38.